The predicted octanol–water partition coefficient (Wildman–Crippen LogP) is 1.46. The Bertz CT molecular complexity index is 288. The molecule has 4 nitrogen and oxygen atoms in total. The zero-order valence-electron chi connectivity index (χ0n) is 7.70. The summed E-state index contributed by atoms with van der Waals surface area (Å²) in [6.45, 7) is 2.36. The monoisotopic (exact) mass is 233 g/mol. The molecular formula is C8H12ClN3OS. The van der Waals surface area contributed by atoms with E-state index in [2.05, 4.69) is 14.9 Å². The summed E-state index contributed by atoms with van der Waals surface area (Å²) in [5, 5.41) is 7.29. The Balaban J connectivity index is 1.79. The number of ether oxygens (including phenoxy) is 1. The molecule has 0 bridgehead atoms. The lowest BCUT2D eigenvalue weighted by molar-refractivity contribution is 0.0698. The summed E-state index contributed by atoms with van der Waals surface area (Å²) in [6.07, 6.45) is 2.29. The third-order valence-corrected chi connectivity index (χ3v) is 3.21. The van der Waals surface area contributed by atoms with Crippen LogP contribution in [0.4, 0.5) is 0 Å². The Kier molecular flexibility index (Phi) is 3.69. The first kappa shape index (κ1) is 10.3. The molecule has 0 saturated carbocycles. The van der Waals surface area contributed by atoms with Crippen LogP contribution in [0.15, 0.2) is 0 Å². The van der Waals surface area contributed by atoms with E-state index in [0.717, 1.165) is 31.7 Å². The summed E-state index contributed by atoms with van der Waals surface area (Å²) >= 11 is 7.10. The number of aromatic nitrogens is 2. The van der Waals surface area contributed by atoms with Crippen LogP contribution >= 0.6 is 23.1 Å². The molecule has 0 aromatic carbocycles. The molecule has 0 radical (unpaired) electrons. The maximum atomic E-state index is 5.88. The quantitative estimate of drug-likeness (QED) is 0.859. The summed E-state index contributed by atoms with van der Waals surface area (Å²) in [4.78, 5) is 0. The highest BCUT2D eigenvalue weighted by Crippen LogP contribution is 2.17. The van der Waals surface area contributed by atoms with Gasteiger partial charge < -0.3 is 10.1 Å². The van der Waals surface area contributed by atoms with Crippen molar-refractivity contribution in [3.05, 3.63) is 10.0 Å². The third-order valence-electron chi connectivity index (χ3n) is 2.23. The Morgan fingerprint density at radius 1 is 1.64 bits per heavy atom. The first-order chi connectivity index (χ1) is 6.86. The summed E-state index contributed by atoms with van der Waals surface area (Å²) in [6, 6.07) is 0.432. The Morgan fingerprint density at radius 2 is 2.57 bits per heavy atom. The fourth-order valence-corrected chi connectivity index (χ4v) is 2.07. The van der Waals surface area contributed by atoms with Gasteiger partial charge in [-0.1, -0.05) is 16.1 Å². The van der Waals surface area contributed by atoms with Crippen molar-refractivity contribution in [2.75, 3.05) is 13.2 Å². The van der Waals surface area contributed by atoms with Crippen molar-refractivity contribution in [1.29, 1.82) is 0 Å². The van der Waals surface area contributed by atoms with Gasteiger partial charge in [0, 0.05) is 30.7 Å². The van der Waals surface area contributed by atoms with Crippen molar-refractivity contribution in [2.45, 2.75) is 25.4 Å². The number of hydrogen-bond acceptors (Lipinski definition) is 5. The second-order valence-electron chi connectivity index (χ2n) is 3.29. The molecule has 1 N–H and O–H groups in total. The first-order valence-electron chi connectivity index (χ1n) is 4.64. The minimum absolute atomic E-state index is 0.432. The SMILES string of the molecule is Clc1snnc1CNC1CCCOC1. The van der Waals surface area contributed by atoms with Crippen LogP contribution in [0.2, 0.25) is 4.34 Å². The molecule has 1 aromatic rings. The highest BCUT2D eigenvalue weighted by atomic mass is 35.5. The fraction of sp³-hybridized carbons (Fsp3) is 0.750. The van der Waals surface area contributed by atoms with Gasteiger partial charge >= 0.3 is 0 Å². The smallest absolute Gasteiger partial charge is 0.138 e. The van der Waals surface area contributed by atoms with Gasteiger partial charge in [-0.25, -0.2) is 0 Å². The lowest BCUT2D eigenvalue weighted by Gasteiger charge is -2.22. The molecule has 0 amide bonds. The standard InChI is InChI=1S/C8H12ClN3OS/c9-8-7(11-12-14-8)4-10-6-2-1-3-13-5-6/h6,10H,1-5H2. The Morgan fingerprint density at radius 3 is 3.21 bits per heavy atom. The van der Waals surface area contributed by atoms with Crippen molar-refractivity contribution in [3.8, 4) is 0 Å². The summed E-state index contributed by atoms with van der Waals surface area (Å²) in [5.41, 5.74) is 0.835. The van der Waals surface area contributed by atoms with Crippen LogP contribution in [0.25, 0.3) is 0 Å². The molecule has 0 spiro atoms. The van der Waals surface area contributed by atoms with E-state index < -0.39 is 0 Å². The zero-order chi connectivity index (χ0) is 9.80. The molecule has 1 aliphatic rings. The summed E-state index contributed by atoms with van der Waals surface area (Å²) in [5.74, 6) is 0. The molecule has 2 heterocycles. The van der Waals surface area contributed by atoms with Gasteiger partial charge in [0.25, 0.3) is 0 Å². The Labute approximate surface area is 91.8 Å². The molecule has 14 heavy (non-hydrogen) atoms. The molecule has 1 atom stereocenters. The van der Waals surface area contributed by atoms with E-state index in [1.165, 1.54) is 11.5 Å². The topological polar surface area (TPSA) is 47.0 Å². The van der Waals surface area contributed by atoms with E-state index in [1.54, 1.807) is 0 Å². The van der Waals surface area contributed by atoms with Crippen LogP contribution in [0.5, 0.6) is 0 Å². The van der Waals surface area contributed by atoms with E-state index in [0.29, 0.717) is 16.9 Å². The number of halogens is 1. The third kappa shape index (κ3) is 2.63. The maximum absolute atomic E-state index is 5.88. The van der Waals surface area contributed by atoms with Crippen LogP contribution in [0.3, 0.4) is 0 Å². The van der Waals surface area contributed by atoms with Crippen LogP contribution in [-0.2, 0) is 11.3 Å². The van der Waals surface area contributed by atoms with E-state index in [9.17, 15) is 0 Å². The lowest BCUT2D eigenvalue weighted by Crippen LogP contribution is -2.36. The van der Waals surface area contributed by atoms with Crippen LogP contribution in [-0.4, -0.2) is 28.8 Å². The second kappa shape index (κ2) is 5.02. The van der Waals surface area contributed by atoms with E-state index in [-0.39, 0.29) is 0 Å². The van der Waals surface area contributed by atoms with Crippen molar-refractivity contribution in [2.24, 2.45) is 0 Å². The Hall–Kier alpha value is -0.230. The van der Waals surface area contributed by atoms with Crippen molar-refractivity contribution in [3.63, 3.8) is 0 Å². The van der Waals surface area contributed by atoms with Gasteiger partial charge in [0.1, 0.15) is 10.0 Å². The molecular weight excluding hydrogens is 222 g/mol. The number of nitrogens with zero attached hydrogens (tertiary/aromatic N) is 2. The largest absolute Gasteiger partial charge is 0.380 e. The van der Waals surface area contributed by atoms with Gasteiger partial charge in [-0.3, -0.25) is 0 Å². The predicted molar refractivity (Wildman–Crippen MR) is 55.6 cm³/mol. The minimum Gasteiger partial charge on any atom is -0.380 e. The average Bonchev–Trinajstić information content (AvgIpc) is 2.63. The maximum Gasteiger partial charge on any atom is 0.138 e. The van der Waals surface area contributed by atoms with Gasteiger partial charge in [-0.2, -0.15) is 0 Å². The lowest BCUT2D eigenvalue weighted by atomic mass is 10.1. The second-order valence-corrected chi connectivity index (χ2v) is 4.64. The van der Waals surface area contributed by atoms with Crippen molar-refractivity contribution < 1.29 is 4.74 Å². The molecule has 1 aliphatic heterocycles. The highest BCUT2D eigenvalue weighted by Gasteiger charge is 2.14. The van der Waals surface area contributed by atoms with Gasteiger partial charge in [0.2, 0.25) is 0 Å². The van der Waals surface area contributed by atoms with E-state index in [4.69, 9.17) is 16.3 Å². The van der Waals surface area contributed by atoms with Gasteiger partial charge in [0.05, 0.1) is 6.61 Å². The van der Waals surface area contributed by atoms with Gasteiger partial charge in [-0.05, 0) is 12.8 Å². The van der Waals surface area contributed by atoms with E-state index >= 15 is 0 Å². The van der Waals surface area contributed by atoms with Crippen molar-refractivity contribution >= 4 is 23.1 Å². The highest BCUT2D eigenvalue weighted by molar-refractivity contribution is 7.10. The fourth-order valence-electron chi connectivity index (χ4n) is 1.45. The average molecular weight is 234 g/mol. The molecule has 1 unspecified atom stereocenters. The molecule has 1 saturated heterocycles. The summed E-state index contributed by atoms with van der Waals surface area (Å²) in [7, 11) is 0. The number of nitrogens with one attached hydrogen (secondary N) is 1. The molecule has 1 aromatic heterocycles. The van der Waals surface area contributed by atoms with Crippen LogP contribution in [0.1, 0.15) is 18.5 Å². The molecule has 6 heteroatoms. The van der Waals surface area contributed by atoms with Crippen molar-refractivity contribution in [1.82, 2.24) is 14.9 Å². The summed E-state index contributed by atoms with van der Waals surface area (Å²) < 4.78 is 9.80. The van der Waals surface area contributed by atoms with Crippen LogP contribution < -0.4 is 5.32 Å². The zero-order valence-corrected chi connectivity index (χ0v) is 9.27. The first-order valence-corrected chi connectivity index (χ1v) is 5.79. The molecule has 0 aliphatic carbocycles. The number of hydrogen-bond donors (Lipinski definition) is 1. The molecule has 78 valence electrons. The molecule has 1 fully saturated rings. The van der Waals surface area contributed by atoms with Gasteiger partial charge in [0.15, 0.2) is 0 Å². The molecule has 2 rings (SSSR count). The van der Waals surface area contributed by atoms with E-state index in [1.807, 2.05) is 0 Å². The normalized spacial score (nSPS) is 22.5. The van der Waals surface area contributed by atoms with Crippen LogP contribution in [0, 0.1) is 0 Å². The number of rotatable bonds is 3. The minimum atomic E-state index is 0.432. The van der Waals surface area contributed by atoms with Gasteiger partial charge in [-0.15, -0.1) is 5.10 Å².